The molecule has 0 atom stereocenters. The molecule has 0 spiro atoms. The van der Waals surface area contributed by atoms with Crippen LogP contribution in [0.3, 0.4) is 0 Å². The van der Waals surface area contributed by atoms with Crippen LogP contribution >= 0.6 is 22.7 Å². The maximum Gasteiger partial charge on any atom is 0.204 e. The normalized spacial score (nSPS) is 12.1. The third-order valence-electron chi connectivity index (χ3n) is 3.37. The van der Waals surface area contributed by atoms with Gasteiger partial charge in [-0.25, -0.2) is 9.97 Å². The smallest absolute Gasteiger partial charge is 0.204 e. The fraction of sp³-hybridized carbons (Fsp3) is 0.333. The lowest BCUT2D eigenvalue weighted by Crippen LogP contribution is -2.14. The fourth-order valence-corrected chi connectivity index (χ4v) is 4.42. The van der Waals surface area contributed by atoms with Crippen LogP contribution in [0, 0.1) is 12.3 Å². The van der Waals surface area contributed by atoms with E-state index < -0.39 is 0 Å². The van der Waals surface area contributed by atoms with E-state index in [-0.39, 0.29) is 0 Å². The average molecular weight is 391 g/mol. The van der Waals surface area contributed by atoms with Crippen molar-refractivity contribution in [1.82, 2.24) is 15.0 Å². The van der Waals surface area contributed by atoms with Gasteiger partial charge in [0.25, 0.3) is 0 Å². The molecule has 4 rings (SSSR count). The molecule has 0 unspecified atom stereocenters. The predicted molar refractivity (Wildman–Crippen MR) is 108 cm³/mol. The predicted octanol–water partition coefficient (Wildman–Crippen LogP) is 4.42. The Morgan fingerprint density at radius 2 is 1.92 bits per heavy atom. The molecule has 2 N–H and O–H groups in total. The van der Waals surface area contributed by atoms with E-state index in [0.29, 0.717) is 24.4 Å². The van der Waals surface area contributed by atoms with Gasteiger partial charge in [0, 0.05) is 31.5 Å². The van der Waals surface area contributed by atoms with Crippen LogP contribution in [0.5, 0.6) is 5.06 Å². The molecule has 0 fully saturated rings. The molecule has 0 radical (unpaired) electrons. The lowest BCUT2D eigenvalue weighted by Gasteiger charge is -2.11. The summed E-state index contributed by atoms with van der Waals surface area (Å²) in [5.41, 5.74) is 3.19. The highest BCUT2D eigenvalue weighted by molar-refractivity contribution is 7.24. The summed E-state index contributed by atoms with van der Waals surface area (Å²) in [4.78, 5) is 14.4. The summed E-state index contributed by atoms with van der Waals surface area (Å²) < 4.78 is 5.62. The third-order valence-corrected chi connectivity index (χ3v) is 5.69. The Kier molecular flexibility index (Phi) is 7.38. The zero-order chi connectivity index (χ0) is 19.1. The first-order chi connectivity index (χ1) is 12.7. The van der Waals surface area contributed by atoms with E-state index in [1.807, 2.05) is 39.1 Å². The van der Waals surface area contributed by atoms with Crippen molar-refractivity contribution in [2.75, 3.05) is 13.7 Å². The van der Waals surface area contributed by atoms with Crippen LogP contribution in [-0.2, 0) is 0 Å². The van der Waals surface area contributed by atoms with Crippen molar-refractivity contribution in [3.63, 3.8) is 0 Å². The van der Waals surface area contributed by atoms with Crippen molar-refractivity contribution in [3.05, 3.63) is 35.9 Å². The number of thiazole rings is 2. The Balaban J connectivity index is 0.000000570. The summed E-state index contributed by atoms with van der Waals surface area (Å²) in [6.07, 6.45) is 4.19. The van der Waals surface area contributed by atoms with E-state index in [1.54, 1.807) is 17.5 Å². The SMILES string of the molecule is CC.CO.Cc1nc(-c2cccnc2)sc1-c1nc2c(s1)OCCC2=N. The summed E-state index contributed by atoms with van der Waals surface area (Å²) in [6.45, 7) is 6.55. The monoisotopic (exact) mass is 390 g/mol. The van der Waals surface area contributed by atoms with Gasteiger partial charge in [-0.2, -0.15) is 0 Å². The van der Waals surface area contributed by atoms with Crippen molar-refractivity contribution in [2.45, 2.75) is 27.2 Å². The second-order valence-electron chi connectivity index (χ2n) is 4.91. The van der Waals surface area contributed by atoms with Crippen LogP contribution in [0.2, 0.25) is 0 Å². The molecular formula is C18H22N4O2S2. The second kappa shape index (κ2) is 9.51. The maximum atomic E-state index is 7.98. The van der Waals surface area contributed by atoms with Crippen molar-refractivity contribution < 1.29 is 9.84 Å². The minimum atomic E-state index is 0.554. The third kappa shape index (κ3) is 4.14. The van der Waals surface area contributed by atoms with Crippen LogP contribution in [-0.4, -0.2) is 39.5 Å². The van der Waals surface area contributed by atoms with Gasteiger partial charge in [-0.05, 0) is 19.1 Å². The standard InChI is InChI=1S/C15H12N4OS2.C2H6.CH4O/c1-8-12(21-13(18-8)9-3-2-5-17-7-9)14-19-11-10(16)4-6-20-15(11)22-14;2*1-2/h2-3,5,7,16H,4,6H2,1H3;1-2H3;2H,1H3. The van der Waals surface area contributed by atoms with Gasteiger partial charge in [0.2, 0.25) is 5.06 Å². The van der Waals surface area contributed by atoms with E-state index in [1.165, 1.54) is 11.3 Å². The highest BCUT2D eigenvalue weighted by Gasteiger charge is 2.24. The van der Waals surface area contributed by atoms with Gasteiger partial charge in [-0.15, -0.1) is 11.3 Å². The number of rotatable bonds is 2. The number of hydrogen-bond donors (Lipinski definition) is 2. The summed E-state index contributed by atoms with van der Waals surface area (Å²) in [5.74, 6) is 0. The number of aliphatic hydroxyl groups excluding tert-OH is 1. The molecule has 0 bridgehead atoms. The minimum absolute atomic E-state index is 0.554. The van der Waals surface area contributed by atoms with Gasteiger partial charge in [0.05, 0.1) is 22.9 Å². The lowest BCUT2D eigenvalue weighted by molar-refractivity contribution is 0.329. The Hall–Kier alpha value is -2.16. The molecule has 0 saturated carbocycles. The van der Waals surface area contributed by atoms with Gasteiger partial charge >= 0.3 is 0 Å². The summed E-state index contributed by atoms with van der Waals surface area (Å²) >= 11 is 3.10. The Morgan fingerprint density at radius 3 is 2.58 bits per heavy atom. The molecule has 138 valence electrons. The molecule has 0 saturated heterocycles. The number of aryl methyl sites for hydroxylation is 1. The van der Waals surface area contributed by atoms with Crippen LogP contribution in [0.15, 0.2) is 24.5 Å². The number of aliphatic hydroxyl groups is 1. The van der Waals surface area contributed by atoms with E-state index in [9.17, 15) is 0 Å². The van der Waals surface area contributed by atoms with Crippen molar-refractivity contribution >= 4 is 28.4 Å². The van der Waals surface area contributed by atoms with E-state index in [0.717, 1.165) is 38.3 Å². The zero-order valence-corrected chi connectivity index (χ0v) is 16.9. The van der Waals surface area contributed by atoms with Gasteiger partial charge in [0.15, 0.2) is 0 Å². The minimum Gasteiger partial charge on any atom is -0.482 e. The molecule has 3 aromatic rings. The van der Waals surface area contributed by atoms with Crippen LogP contribution in [0.4, 0.5) is 0 Å². The lowest BCUT2D eigenvalue weighted by atomic mass is 10.2. The highest BCUT2D eigenvalue weighted by atomic mass is 32.1. The molecule has 8 heteroatoms. The molecule has 0 aromatic carbocycles. The molecule has 0 aliphatic carbocycles. The number of aromatic nitrogens is 3. The van der Waals surface area contributed by atoms with Crippen LogP contribution in [0.25, 0.3) is 20.5 Å². The van der Waals surface area contributed by atoms with E-state index in [2.05, 4.69) is 15.0 Å². The first-order valence-electron chi connectivity index (χ1n) is 8.26. The van der Waals surface area contributed by atoms with E-state index >= 15 is 0 Å². The molecule has 4 heterocycles. The Labute approximate surface area is 161 Å². The molecular weight excluding hydrogens is 368 g/mol. The fourth-order valence-electron chi connectivity index (χ4n) is 2.26. The van der Waals surface area contributed by atoms with Crippen molar-refractivity contribution in [3.8, 4) is 25.5 Å². The summed E-state index contributed by atoms with van der Waals surface area (Å²) in [6, 6.07) is 3.91. The number of ether oxygens (including phenoxy) is 1. The first-order valence-corrected chi connectivity index (χ1v) is 9.90. The number of nitrogens with zero attached hydrogens (tertiary/aromatic N) is 3. The van der Waals surface area contributed by atoms with Crippen LogP contribution < -0.4 is 4.74 Å². The molecule has 26 heavy (non-hydrogen) atoms. The number of nitrogens with one attached hydrogen (secondary N) is 1. The van der Waals surface area contributed by atoms with Gasteiger partial charge < -0.3 is 15.3 Å². The average Bonchev–Trinajstić information content (AvgIpc) is 3.30. The number of fused-ring (bicyclic) bond motifs is 1. The molecule has 3 aromatic heterocycles. The van der Waals surface area contributed by atoms with E-state index in [4.69, 9.17) is 15.3 Å². The largest absolute Gasteiger partial charge is 0.482 e. The van der Waals surface area contributed by atoms with Gasteiger partial charge in [-0.3, -0.25) is 4.98 Å². The molecule has 0 amide bonds. The topological polar surface area (TPSA) is 92.0 Å². The highest BCUT2D eigenvalue weighted by Crippen LogP contribution is 2.41. The Morgan fingerprint density at radius 1 is 1.15 bits per heavy atom. The number of pyridine rings is 1. The summed E-state index contributed by atoms with van der Waals surface area (Å²) in [7, 11) is 1.00. The van der Waals surface area contributed by atoms with Crippen LogP contribution in [0.1, 0.15) is 31.7 Å². The quantitative estimate of drug-likeness (QED) is 0.676. The van der Waals surface area contributed by atoms with Crippen molar-refractivity contribution in [1.29, 1.82) is 5.41 Å². The second-order valence-corrected chi connectivity index (χ2v) is 6.87. The molecule has 6 nitrogen and oxygen atoms in total. The zero-order valence-electron chi connectivity index (χ0n) is 15.2. The first kappa shape index (κ1) is 20.2. The van der Waals surface area contributed by atoms with Gasteiger partial charge in [-0.1, -0.05) is 25.2 Å². The molecule has 1 aliphatic heterocycles. The number of hydrogen-bond acceptors (Lipinski definition) is 8. The van der Waals surface area contributed by atoms with Crippen molar-refractivity contribution in [2.24, 2.45) is 0 Å². The Bertz CT molecular complexity index is 859. The molecule has 1 aliphatic rings. The summed E-state index contributed by atoms with van der Waals surface area (Å²) in [5, 5.41) is 17.5. The maximum absolute atomic E-state index is 7.98. The van der Waals surface area contributed by atoms with Gasteiger partial charge in [0.1, 0.15) is 15.7 Å².